The number of hydrogen-bond donors (Lipinski definition) is 2. The fourth-order valence-corrected chi connectivity index (χ4v) is 3.94. The van der Waals surface area contributed by atoms with Crippen LogP contribution in [-0.4, -0.2) is 33.5 Å². The van der Waals surface area contributed by atoms with Gasteiger partial charge in [-0.15, -0.1) is 0 Å². The maximum absolute atomic E-state index is 14.5. The fourth-order valence-electron chi connectivity index (χ4n) is 3.60. The highest BCUT2D eigenvalue weighted by atomic mass is 32.2. The zero-order valence-corrected chi connectivity index (χ0v) is 18.9. The normalized spacial score (nSPS) is 16.8. The summed E-state index contributed by atoms with van der Waals surface area (Å²) < 4.78 is 81.7. The van der Waals surface area contributed by atoms with Crippen LogP contribution >= 0.6 is 0 Å². The van der Waals surface area contributed by atoms with E-state index in [-0.39, 0.29) is 22.7 Å². The summed E-state index contributed by atoms with van der Waals surface area (Å²) in [5.41, 5.74) is -2.06. The first-order chi connectivity index (χ1) is 15.4. The van der Waals surface area contributed by atoms with E-state index in [1.165, 1.54) is 39.3 Å². The molecule has 12 heteroatoms. The number of aromatic nitrogens is 1. The van der Waals surface area contributed by atoms with Crippen molar-refractivity contribution < 1.29 is 35.5 Å². The molecule has 1 fully saturated rings. The summed E-state index contributed by atoms with van der Waals surface area (Å²) in [6, 6.07) is 5.80. The summed E-state index contributed by atoms with van der Waals surface area (Å²) >= 11 is 0. The van der Waals surface area contributed by atoms with E-state index in [9.17, 15) is 30.8 Å². The smallest absolute Gasteiger partial charge is 0.354 e. The number of hydrogen-bond acceptors (Lipinski definition) is 5. The van der Waals surface area contributed by atoms with Gasteiger partial charge in [0.2, 0.25) is 16.8 Å². The van der Waals surface area contributed by atoms with E-state index >= 15 is 0 Å². The third-order valence-corrected chi connectivity index (χ3v) is 6.43. The Morgan fingerprint density at radius 1 is 1.24 bits per heavy atom. The first kappa shape index (κ1) is 24.9. The van der Waals surface area contributed by atoms with Crippen LogP contribution < -0.4 is 9.62 Å². The van der Waals surface area contributed by atoms with E-state index in [0.717, 1.165) is 22.6 Å². The third-order valence-electron chi connectivity index (χ3n) is 5.72. The number of rotatable bonds is 8. The van der Waals surface area contributed by atoms with Crippen LogP contribution in [0.25, 0.3) is 0 Å². The molecule has 2 aromatic rings. The van der Waals surface area contributed by atoms with Gasteiger partial charge >= 0.3 is 6.18 Å². The van der Waals surface area contributed by atoms with Gasteiger partial charge in [0.05, 0.1) is 11.6 Å². The molecule has 1 heterocycles. The number of alkyl halides is 3. The molecule has 1 aliphatic carbocycles. The standard InChI is InChI=1S/C21H23F4N3O4S/c1-12(13-4-8-17(16(22)10-13)28(2)33(30)31)19(29)27-20(32-3,14-5-6-14)15-7-9-18(26-11-15)21(23,24)25/h4,7-12,14,33H,5-6H2,1-3H3,(H,27,29). The van der Waals surface area contributed by atoms with Crippen molar-refractivity contribution in [1.82, 2.24) is 10.3 Å². The molecule has 3 rings (SSSR count). The molecule has 0 spiro atoms. The number of nitrogens with zero attached hydrogens (tertiary/aromatic N) is 2. The lowest BCUT2D eigenvalue weighted by molar-refractivity contribution is -0.142. The van der Waals surface area contributed by atoms with Crippen molar-refractivity contribution in [2.45, 2.75) is 37.6 Å². The second-order valence-electron chi connectivity index (χ2n) is 7.83. The van der Waals surface area contributed by atoms with Crippen LogP contribution in [0.5, 0.6) is 0 Å². The van der Waals surface area contributed by atoms with Crippen molar-refractivity contribution in [3.05, 3.63) is 59.2 Å². The van der Waals surface area contributed by atoms with Crippen molar-refractivity contribution in [2.75, 3.05) is 18.5 Å². The van der Waals surface area contributed by atoms with E-state index in [1.54, 1.807) is 0 Å². The molecule has 2 unspecified atom stereocenters. The van der Waals surface area contributed by atoms with Gasteiger partial charge in [0.15, 0.2) is 5.72 Å². The molecule has 2 atom stereocenters. The van der Waals surface area contributed by atoms with Crippen molar-refractivity contribution in [3.63, 3.8) is 0 Å². The number of carbonyl (C=O) groups excluding carboxylic acids is 1. The monoisotopic (exact) mass is 489 g/mol. The predicted octanol–water partition coefficient (Wildman–Crippen LogP) is 3.33. The van der Waals surface area contributed by atoms with Crippen LogP contribution in [0.1, 0.15) is 42.5 Å². The Balaban J connectivity index is 1.87. The van der Waals surface area contributed by atoms with Gasteiger partial charge in [0.1, 0.15) is 11.5 Å². The zero-order chi connectivity index (χ0) is 24.6. The van der Waals surface area contributed by atoms with Crippen molar-refractivity contribution >= 4 is 22.5 Å². The number of thiol groups is 1. The van der Waals surface area contributed by atoms with E-state index in [1.807, 2.05) is 0 Å². The summed E-state index contributed by atoms with van der Waals surface area (Å²) in [4.78, 5) is 16.5. The second-order valence-corrected chi connectivity index (χ2v) is 8.90. The Morgan fingerprint density at radius 2 is 1.91 bits per heavy atom. The van der Waals surface area contributed by atoms with Crippen LogP contribution in [0.15, 0.2) is 36.5 Å². The van der Waals surface area contributed by atoms with Crippen molar-refractivity contribution in [2.24, 2.45) is 5.92 Å². The predicted molar refractivity (Wildman–Crippen MR) is 112 cm³/mol. The number of anilines is 1. The zero-order valence-electron chi connectivity index (χ0n) is 18.0. The summed E-state index contributed by atoms with van der Waals surface area (Å²) in [5.74, 6) is -2.39. The number of pyridine rings is 1. The van der Waals surface area contributed by atoms with Gasteiger partial charge < -0.3 is 10.1 Å². The topological polar surface area (TPSA) is 88.6 Å². The molecule has 0 saturated heterocycles. The van der Waals surface area contributed by atoms with Gasteiger partial charge in [-0.25, -0.2) is 12.8 Å². The maximum Gasteiger partial charge on any atom is 0.433 e. The molecule has 1 aromatic carbocycles. The number of halogens is 4. The molecule has 0 aliphatic heterocycles. The molecule has 1 aromatic heterocycles. The van der Waals surface area contributed by atoms with Crippen molar-refractivity contribution in [3.8, 4) is 0 Å². The molecule has 1 saturated carbocycles. The number of methoxy groups -OCH3 is 1. The lowest BCUT2D eigenvalue weighted by Crippen LogP contribution is -2.50. The molecule has 1 aliphatic rings. The lowest BCUT2D eigenvalue weighted by atomic mass is 9.95. The summed E-state index contributed by atoms with van der Waals surface area (Å²) in [6.45, 7) is 1.53. The molecular formula is C21H23F4N3O4S. The molecule has 7 nitrogen and oxygen atoms in total. The molecule has 1 N–H and O–H groups in total. The summed E-state index contributed by atoms with van der Waals surface area (Å²) in [6.07, 6.45) is -2.20. The highest BCUT2D eigenvalue weighted by Crippen LogP contribution is 2.46. The third kappa shape index (κ3) is 5.11. The first-order valence-corrected chi connectivity index (χ1v) is 11.1. The van der Waals surface area contributed by atoms with Gasteiger partial charge in [-0.05, 0) is 43.5 Å². The molecule has 33 heavy (non-hydrogen) atoms. The summed E-state index contributed by atoms with van der Waals surface area (Å²) in [5, 5.41) is 2.78. The largest absolute Gasteiger partial charge is 0.433 e. The highest BCUT2D eigenvalue weighted by molar-refractivity contribution is 7.74. The fraction of sp³-hybridized carbons (Fsp3) is 0.429. The van der Waals surface area contributed by atoms with Crippen LogP contribution in [0.2, 0.25) is 0 Å². The van der Waals surface area contributed by atoms with Gasteiger partial charge in [-0.2, -0.15) is 13.2 Å². The van der Waals surface area contributed by atoms with Gasteiger partial charge in [0.25, 0.3) is 0 Å². The minimum atomic E-state index is -4.60. The van der Waals surface area contributed by atoms with Gasteiger partial charge in [-0.1, -0.05) is 12.1 Å². The molecular weight excluding hydrogens is 466 g/mol. The number of amides is 1. The first-order valence-electron chi connectivity index (χ1n) is 9.99. The molecule has 1 amide bonds. The number of benzene rings is 1. The Hall–Kier alpha value is -2.73. The Bertz CT molecular complexity index is 1100. The van der Waals surface area contributed by atoms with Crippen LogP contribution in [0, 0.1) is 11.7 Å². The average molecular weight is 489 g/mol. The number of carbonyl (C=O) groups is 1. The molecule has 0 bridgehead atoms. The van der Waals surface area contributed by atoms with E-state index in [2.05, 4.69) is 10.3 Å². The van der Waals surface area contributed by atoms with Crippen LogP contribution in [0.3, 0.4) is 0 Å². The Kier molecular flexibility index (Phi) is 6.99. The second kappa shape index (κ2) is 9.26. The number of nitrogens with one attached hydrogen (secondary N) is 1. The highest BCUT2D eigenvalue weighted by Gasteiger charge is 2.49. The van der Waals surface area contributed by atoms with Crippen molar-refractivity contribution in [1.29, 1.82) is 0 Å². The van der Waals surface area contributed by atoms with E-state index < -0.39 is 46.1 Å². The van der Waals surface area contributed by atoms with Gasteiger partial charge in [0, 0.05) is 31.8 Å². The molecule has 0 radical (unpaired) electrons. The lowest BCUT2D eigenvalue weighted by Gasteiger charge is -2.35. The maximum atomic E-state index is 14.5. The van der Waals surface area contributed by atoms with Gasteiger partial charge in [-0.3, -0.25) is 14.1 Å². The van der Waals surface area contributed by atoms with Crippen LogP contribution in [-0.2, 0) is 32.3 Å². The van der Waals surface area contributed by atoms with Crippen LogP contribution in [0.4, 0.5) is 23.2 Å². The van der Waals surface area contributed by atoms with E-state index in [4.69, 9.17) is 4.74 Å². The Labute approximate surface area is 189 Å². The Morgan fingerprint density at radius 3 is 2.36 bits per heavy atom. The average Bonchev–Trinajstić information content (AvgIpc) is 3.61. The number of ether oxygens (including phenoxy) is 1. The SMILES string of the molecule is COC(NC(=O)C(C)c1ccc(N(C)[SH](=O)=O)c(F)c1)(c1ccc(C(F)(F)F)nc1)C1CC1. The minimum absolute atomic E-state index is 0.164. The van der Waals surface area contributed by atoms with E-state index in [0.29, 0.717) is 12.8 Å². The minimum Gasteiger partial charge on any atom is -0.354 e. The molecule has 180 valence electrons. The quantitative estimate of drug-likeness (QED) is 0.337. The summed E-state index contributed by atoms with van der Waals surface area (Å²) in [7, 11) is -0.490.